The number of carbonyl (C=O) groups excluding carboxylic acids is 1. The zero-order chi connectivity index (χ0) is 15.1. The maximum absolute atomic E-state index is 12.0. The molecule has 6 heteroatoms. The van der Waals surface area contributed by atoms with Gasteiger partial charge in [0.15, 0.2) is 0 Å². The molecular weight excluding hydrogens is 292 g/mol. The van der Waals surface area contributed by atoms with Gasteiger partial charge in [0.25, 0.3) is 10.1 Å². The highest BCUT2D eigenvalue weighted by Crippen LogP contribution is 2.61. The number of ether oxygens (including phenoxy) is 1. The second kappa shape index (κ2) is 5.54. The Kier molecular flexibility index (Phi) is 4.03. The normalized spacial score (nSPS) is 37.7. The van der Waals surface area contributed by atoms with Crippen molar-refractivity contribution >= 4 is 16.1 Å². The Labute approximate surface area is 126 Å². The SMILES string of the molecule is O=C(CC12CC3CC(CC(C3)C1)C2)OCCCS(=O)(=O)O. The van der Waals surface area contributed by atoms with Crippen molar-refractivity contribution in [1.82, 2.24) is 0 Å². The molecule has 0 radical (unpaired) electrons. The van der Waals surface area contributed by atoms with Crippen LogP contribution in [0, 0.1) is 23.2 Å². The van der Waals surface area contributed by atoms with Crippen molar-refractivity contribution in [2.24, 2.45) is 23.2 Å². The van der Waals surface area contributed by atoms with Crippen LogP contribution in [0.4, 0.5) is 0 Å². The van der Waals surface area contributed by atoms with Crippen molar-refractivity contribution < 1.29 is 22.5 Å². The summed E-state index contributed by atoms with van der Waals surface area (Å²) in [5, 5.41) is 0. The molecule has 4 aliphatic rings. The van der Waals surface area contributed by atoms with Gasteiger partial charge in [0.05, 0.1) is 18.8 Å². The van der Waals surface area contributed by atoms with E-state index in [1.807, 2.05) is 0 Å². The molecule has 0 spiro atoms. The van der Waals surface area contributed by atoms with E-state index in [9.17, 15) is 13.2 Å². The molecule has 0 aromatic heterocycles. The third-order valence-corrected chi connectivity index (χ3v) is 6.30. The molecule has 0 amide bonds. The van der Waals surface area contributed by atoms with Crippen molar-refractivity contribution in [2.75, 3.05) is 12.4 Å². The van der Waals surface area contributed by atoms with Gasteiger partial charge in [-0.05, 0) is 68.1 Å². The Morgan fingerprint density at radius 1 is 1.10 bits per heavy atom. The summed E-state index contributed by atoms with van der Waals surface area (Å²) in [7, 11) is -3.96. The fourth-order valence-corrected chi connectivity index (χ4v) is 5.77. The van der Waals surface area contributed by atoms with Crippen molar-refractivity contribution in [3.05, 3.63) is 0 Å². The number of hydrogen-bond acceptors (Lipinski definition) is 4. The first kappa shape index (κ1) is 15.3. The quantitative estimate of drug-likeness (QED) is 0.462. The molecule has 4 fully saturated rings. The first-order chi connectivity index (χ1) is 9.84. The van der Waals surface area contributed by atoms with Crippen LogP contribution in [0.3, 0.4) is 0 Å². The lowest BCUT2D eigenvalue weighted by Gasteiger charge is -2.56. The van der Waals surface area contributed by atoms with Gasteiger partial charge in [-0.15, -0.1) is 0 Å². The Hall–Kier alpha value is -0.620. The summed E-state index contributed by atoms with van der Waals surface area (Å²) < 4.78 is 35.0. The first-order valence-electron chi connectivity index (χ1n) is 7.94. The molecule has 0 unspecified atom stereocenters. The Bertz CT molecular complexity index is 475. The van der Waals surface area contributed by atoms with Gasteiger partial charge in [0, 0.05) is 0 Å². The van der Waals surface area contributed by atoms with Crippen LogP contribution in [0.15, 0.2) is 0 Å². The van der Waals surface area contributed by atoms with E-state index in [-0.39, 0.29) is 30.2 Å². The summed E-state index contributed by atoms with van der Waals surface area (Å²) >= 11 is 0. The third-order valence-electron chi connectivity index (χ3n) is 5.49. The molecule has 0 aliphatic heterocycles. The molecule has 1 N–H and O–H groups in total. The molecule has 4 bridgehead atoms. The zero-order valence-electron chi connectivity index (χ0n) is 12.3. The highest BCUT2D eigenvalue weighted by atomic mass is 32.2. The maximum Gasteiger partial charge on any atom is 0.306 e. The summed E-state index contributed by atoms with van der Waals surface area (Å²) in [5.74, 6) is 1.88. The number of esters is 1. The van der Waals surface area contributed by atoms with Gasteiger partial charge in [0.1, 0.15) is 0 Å². The van der Waals surface area contributed by atoms with Crippen LogP contribution in [0.2, 0.25) is 0 Å². The molecule has 0 atom stereocenters. The van der Waals surface area contributed by atoms with Crippen LogP contribution in [-0.2, 0) is 19.6 Å². The Morgan fingerprint density at radius 3 is 2.10 bits per heavy atom. The minimum Gasteiger partial charge on any atom is -0.466 e. The standard InChI is InChI=1S/C15H24O5S/c16-14(20-2-1-3-21(17,18)19)10-15-7-11-4-12(8-15)6-13(5-11)9-15/h11-13H,1-10H2,(H,17,18,19). The summed E-state index contributed by atoms with van der Waals surface area (Å²) in [6.45, 7) is 0.0744. The Balaban J connectivity index is 1.47. The lowest BCUT2D eigenvalue weighted by atomic mass is 9.49. The van der Waals surface area contributed by atoms with E-state index in [4.69, 9.17) is 9.29 Å². The van der Waals surface area contributed by atoms with Crippen LogP contribution in [0.25, 0.3) is 0 Å². The van der Waals surface area contributed by atoms with Crippen molar-refractivity contribution in [3.8, 4) is 0 Å². The summed E-state index contributed by atoms with van der Waals surface area (Å²) in [6, 6.07) is 0. The fourth-order valence-electron chi connectivity index (χ4n) is 5.29. The summed E-state index contributed by atoms with van der Waals surface area (Å²) in [6.07, 6.45) is 8.19. The third kappa shape index (κ3) is 3.77. The predicted octanol–water partition coefficient (Wildman–Crippen LogP) is 2.41. The number of carbonyl (C=O) groups is 1. The van der Waals surface area contributed by atoms with E-state index in [2.05, 4.69) is 0 Å². The molecule has 4 saturated carbocycles. The van der Waals surface area contributed by atoms with Gasteiger partial charge in [0.2, 0.25) is 0 Å². The smallest absolute Gasteiger partial charge is 0.306 e. The average molecular weight is 316 g/mol. The minimum absolute atomic E-state index is 0.0744. The van der Waals surface area contributed by atoms with Gasteiger partial charge >= 0.3 is 5.97 Å². The number of hydrogen-bond donors (Lipinski definition) is 1. The second-order valence-corrected chi connectivity index (χ2v) is 9.03. The molecule has 120 valence electrons. The van der Waals surface area contributed by atoms with Crippen LogP contribution >= 0.6 is 0 Å². The molecule has 0 aromatic rings. The van der Waals surface area contributed by atoms with Gasteiger partial charge in [-0.25, -0.2) is 0 Å². The van der Waals surface area contributed by atoms with Gasteiger partial charge < -0.3 is 4.74 Å². The topological polar surface area (TPSA) is 80.7 Å². The van der Waals surface area contributed by atoms with Crippen LogP contribution in [0.5, 0.6) is 0 Å². The monoisotopic (exact) mass is 316 g/mol. The molecular formula is C15H24O5S. The minimum atomic E-state index is -3.96. The van der Waals surface area contributed by atoms with E-state index in [0.717, 1.165) is 17.8 Å². The molecule has 0 heterocycles. The van der Waals surface area contributed by atoms with E-state index >= 15 is 0 Å². The van der Waals surface area contributed by atoms with Gasteiger partial charge in [-0.3, -0.25) is 9.35 Å². The van der Waals surface area contributed by atoms with Crippen molar-refractivity contribution in [3.63, 3.8) is 0 Å². The molecule has 0 aromatic carbocycles. The van der Waals surface area contributed by atoms with E-state index < -0.39 is 10.1 Å². The van der Waals surface area contributed by atoms with E-state index in [1.54, 1.807) is 0 Å². The van der Waals surface area contributed by atoms with Gasteiger partial charge in [-0.2, -0.15) is 8.42 Å². The molecule has 5 nitrogen and oxygen atoms in total. The number of rotatable bonds is 6. The molecule has 21 heavy (non-hydrogen) atoms. The second-order valence-electron chi connectivity index (χ2n) is 7.45. The van der Waals surface area contributed by atoms with Crippen LogP contribution in [0.1, 0.15) is 51.4 Å². The maximum atomic E-state index is 12.0. The Morgan fingerprint density at radius 2 is 1.62 bits per heavy atom. The zero-order valence-corrected chi connectivity index (χ0v) is 13.1. The van der Waals surface area contributed by atoms with Crippen LogP contribution in [-0.4, -0.2) is 31.3 Å². The molecule has 4 aliphatic carbocycles. The molecule has 0 saturated heterocycles. The predicted molar refractivity (Wildman–Crippen MR) is 77.2 cm³/mol. The summed E-state index contributed by atoms with van der Waals surface area (Å²) in [4.78, 5) is 12.0. The van der Waals surface area contributed by atoms with Crippen molar-refractivity contribution in [1.29, 1.82) is 0 Å². The van der Waals surface area contributed by atoms with E-state index in [1.165, 1.54) is 38.5 Å². The highest BCUT2D eigenvalue weighted by Gasteiger charge is 2.51. The lowest BCUT2D eigenvalue weighted by molar-refractivity contribution is -0.152. The molecule has 4 rings (SSSR count). The largest absolute Gasteiger partial charge is 0.466 e. The lowest BCUT2D eigenvalue weighted by Crippen LogP contribution is -2.47. The first-order valence-corrected chi connectivity index (χ1v) is 9.55. The fraction of sp³-hybridized carbons (Fsp3) is 0.933. The van der Waals surface area contributed by atoms with Crippen molar-refractivity contribution in [2.45, 2.75) is 51.4 Å². The summed E-state index contributed by atoms with van der Waals surface area (Å²) in [5.41, 5.74) is 0.162. The van der Waals surface area contributed by atoms with Crippen LogP contribution < -0.4 is 0 Å². The van der Waals surface area contributed by atoms with Gasteiger partial charge in [-0.1, -0.05) is 0 Å². The van der Waals surface area contributed by atoms with E-state index in [0.29, 0.717) is 6.42 Å². The average Bonchev–Trinajstić information content (AvgIpc) is 2.31. The highest BCUT2D eigenvalue weighted by molar-refractivity contribution is 7.85.